The van der Waals surface area contributed by atoms with Gasteiger partial charge in [0.2, 0.25) is 0 Å². The fraction of sp³-hybridized carbons (Fsp3) is 0.105. The van der Waals surface area contributed by atoms with Crippen LogP contribution >= 0.6 is 0 Å². The first kappa shape index (κ1) is 12.9. The molecular weight excluding hydrogens is 272 g/mol. The molecule has 0 aliphatic carbocycles. The van der Waals surface area contributed by atoms with Crippen molar-refractivity contribution in [2.45, 2.75) is 0 Å². The van der Waals surface area contributed by atoms with Crippen molar-refractivity contribution >= 4 is 21.8 Å². The van der Waals surface area contributed by atoms with Gasteiger partial charge in [0.05, 0.1) is 23.7 Å². The molecule has 0 amide bonds. The third-order valence-corrected chi connectivity index (χ3v) is 4.12. The monoisotopic (exact) mass is 288 g/mol. The van der Waals surface area contributed by atoms with Crippen molar-refractivity contribution in [2.75, 3.05) is 7.11 Å². The van der Waals surface area contributed by atoms with Crippen molar-refractivity contribution in [1.29, 1.82) is 0 Å². The summed E-state index contributed by atoms with van der Waals surface area (Å²) < 4.78 is 7.61. The summed E-state index contributed by atoms with van der Waals surface area (Å²) in [6.07, 6.45) is 0. The zero-order chi connectivity index (χ0) is 15.1. The second-order valence-electron chi connectivity index (χ2n) is 5.35. The molecule has 108 valence electrons. The molecule has 3 aromatic carbocycles. The number of rotatable bonds is 2. The number of hydrogen-bond acceptors (Lipinski definition) is 2. The summed E-state index contributed by atoms with van der Waals surface area (Å²) in [4.78, 5) is 4.90. The van der Waals surface area contributed by atoms with Gasteiger partial charge in [0.25, 0.3) is 0 Å². The maximum atomic E-state index is 5.48. The molecule has 1 aromatic heterocycles. The number of aryl methyl sites for hydroxylation is 1. The Hall–Kier alpha value is -2.81. The molecule has 1 heterocycles. The maximum absolute atomic E-state index is 5.48. The molecule has 0 unspecified atom stereocenters. The average molecular weight is 288 g/mol. The summed E-state index contributed by atoms with van der Waals surface area (Å²) in [5.74, 6) is 1.76. The van der Waals surface area contributed by atoms with E-state index < -0.39 is 0 Å². The van der Waals surface area contributed by atoms with E-state index in [-0.39, 0.29) is 0 Å². The predicted octanol–water partition coefficient (Wildman–Crippen LogP) is 4.40. The molecular formula is C19H16N2O. The topological polar surface area (TPSA) is 27.1 Å². The molecule has 3 heteroatoms. The largest absolute Gasteiger partial charge is 0.496 e. The lowest BCUT2D eigenvalue weighted by Gasteiger charge is -2.07. The summed E-state index contributed by atoms with van der Waals surface area (Å²) in [7, 11) is 3.74. The van der Waals surface area contributed by atoms with Crippen LogP contribution in [-0.4, -0.2) is 16.7 Å². The molecule has 0 N–H and O–H groups in total. The summed E-state index contributed by atoms with van der Waals surface area (Å²) in [6, 6.07) is 20.6. The van der Waals surface area contributed by atoms with E-state index in [1.54, 1.807) is 7.11 Å². The Morgan fingerprint density at radius 3 is 2.55 bits per heavy atom. The van der Waals surface area contributed by atoms with Gasteiger partial charge in [-0.2, -0.15) is 0 Å². The normalized spacial score (nSPS) is 11.2. The van der Waals surface area contributed by atoms with Crippen molar-refractivity contribution in [3.63, 3.8) is 0 Å². The van der Waals surface area contributed by atoms with Gasteiger partial charge in [-0.1, -0.05) is 42.5 Å². The number of nitrogens with zero attached hydrogens (tertiary/aromatic N) is 2. The van der Waals surface area contributed by atoms with Gasteiger partial charge < -0.3 is 9.30 Å². The molecule has 0 fully saturated rings. The number of benzene rings is 3. The van der Waals surface area contributed by atoms with Crippen LogP contribution in [0.2, 0.25) is 0 Å². The highest BCUT2D eigenvalue weighted by Gasteiger charge is 2.15. The standard InChI is InChI=1S/C19H16N2O/c1-21-16-12-11-13-7-3-4-8-14(13)18(16)20-19(21)15-9-5-6-10-17(15)22-2/h3-12H,1-2H3. The molecule has 0 saturated carbocycles. The SMILES string of the molecule is COc1ccccc1-c1nc2c3ccccc3ccc2n1C. The Kier molecular flexibility index (Phi) is 2.86. The van der Waals surface area contributed by atoms with E-state index in [1.807, 2.05) is 31.3 Å². The van der Waals surface area contributed by atoms with Gasteiger partial charge in [0.15, 0.2) is 0 Å². The zero-order valence-electron chi connectivity index (χ0n) is 12.6. The average Bonchev–Trinajstić information content (AvgIpc) is 2.92. The minimum atomic E-state index is 0.838. The highest BCUT2D eigenvalue weighted by molar-refractivity contribution is 6.05. The van der Waals surface area contributed by atoms with Crippen molar-refractivity contribution in [2.24, 2.45) is 7.05 Å². The molecule has 0 atom stereocenters. The van der Waals surface area contributed by atoms with E-state index in [0.29, 0.717) is 0 Å². The molecule has 4 rings (SSSR count). The number of aromatic nitrogens is 2. The molecule has 22 heavy (non-hydrogen) atoms. The molecule has 4 aromatic rings. The van der Waals surface area contributed by atoms with Crippen molar-refractivity contribution in [1.82, 2.24) is 9.55 Å². The van der Waals surface area contributed by atoms with E-state index in [4.69, 9.17) is 9.72 Å². The molecule has 0 radical (unpaired) electrons. The highest BCUT2D eigenvalue weighted by atomic mass is 16.5. The first-order valence-corrected chi connectivity index (χ1v) is 7.27. The van der Waals surface area contributed by atoms with Gasteiger partial charge in [-0.25, -0.2) is 4.98 Å². The van der Waals surface area contributed by atoms with E-state index in [0.717, 1.165) is 28.2 Å². The Morgan fingerprint density at radius 2 is 1.68 bits per heavy atom. The minimum absolute atomic E-state index is 0.838. The third-order valence-electron chi connectivity index (χ3n) is 4.12. The number of fused-ring (bicyclic) bond motifs is 3. The lowest BCUT2D eigenvalue weighted by molar-refractivity contribution is 0.416. The summed E-state index contributed by atoms with van der Waals surface area (Å²) in [6.45, 7) is 0. The van der Waals surface area contributed by atoms with Crippen molar-refractivity contribution < 1.29 is 4.74 Å². The fourth-order valence-corrected chi connectivity index (χ4v) is 3.00. The van der Waals surface area contributed by atoms with Crippen LogP contribution in [0.15, 0.2) is 60.7 Å². The number of methoxy groups -OCH3 is 1. The quantitative estimate of drug-likeness (QED) is 0.546. The number of para-hydroxylation sites is 1. The minimum Gasteiger partial charge on any atom is -0.496 e. The van der Waals surface area contributed by atoms with Crippen molar-refractivity contribution in [3.05, 3.63) is 60.7 Å². The van der Waals surface area contributed by atoms with E-state index >= 15 is 0 Å². The lowest BCUT2D eigenvalue weighted by atomic mass is 10.1. The Bertz CT molecular complexity index is 985. The van der Waals surface area contributed by atoms with E-state index in [1.165, 1.54) is 10.8 Å². The van der Waals surface area contributed by atoms with Crippen molar-refractivity contribution in [3.8, 4) is 17.1 Å². The molecule has 3 nitrogen and oxygen atoms in total. The summed E-state index contributed by atoms with van der Waals surface area (Å²) >= 11 is 0. The molecule has 0 aliphatic rings. The third kappa shape index (κ3) is 1.79. The summed E-state index contributed by atoms with van der Waals surface area (Å²) in [5.41, 5.74) is 3.16. The van der Waals surface area contributed by atoms with Gasteiger partial charge in [-0.05, 0) is 23.6 Å². The van der Waals surface area contributed by atoms with Gasteiger partial charge >= 0.3 is 0 Å². The predicted molar refractivity (Wildman–Crippen MR) is 90.2 cm³/mol. The van der Waals surface area contributed by atoms with Crippen LogP contribution in [0, 0.1) is 0 Å². The number of hydrogen-bond donors (Lipinski definition) is 0. The van der Waals surface area contributed by atoms with Crippen LogP contribution in [0.4, 0.5) is 0 Å². The second kappa shape index (κ2) is 4.88. The zero-order valence-corrected chi connectivity index (χ0v) is 12.6. The van der Waals surface area contributed by atoms with Crippen LogP contribution in [0.1, 0.15) is 0 Å². The van der Waals surface area contributed by atoms with Crippen LogP contribution in [-0.2, 0) is 7.05 Å². The van der Waals surface area contributed by atoms with Gasteiger partial charge in [0.1, 0.15) is 11.6 Å². The Morgan fingerprint density at radius 1 is 0.909 bits per heavy atom. The summed E-state index contributed by atoms with van der Waals surface area (Å²) in [5, 5.41) is 2.39. The van der Waals surface area contributed by atoms with E-state index in [9.17, 15) is 0 Å². The van der Waals surface area contributed by atoms with Crippen LogP contribution in [0.5, 0.6) is 5.75 Å². The molecule has 0 aliphatic heterocycles. The first-order valence-electron chi connectivity index (χ1n) is 7.27. The Labute approximate surface area is 128 Å². The first-order chi connectivity index (χ1) is 10.8. The Balaban J connectivity index is 2.07. The van der Waals surface area contributed by atoms with E-state index in [2.05, 4.69) is 41.0 Å². The smallest absolute Gasteiger partial charge is 0.144 e. The molecule has 0 saturated heterocycles. The van der Waals surface area contributed by atoms with Crippen LogP contribution < -0.4 is 4.74 Å². The van der Waals surface area contributed by atoms with Gasteiger partial charge in [-0.3, -0.25) is 0 Å². The fourth-order valence-electron chi connectivity index (χ4n) is 3.00. The number of ether oxygens (including phenoxy) is 1. The molecule has 0 spiro atoms. The van der Waals surface area contributed by atoms with Gasteiger partial charge in [0, 0.05) is 12.4 Å². The van der Waals surface area contributed by atoms with Crippen LogP contribution in [0.25, 0.3) is 33.2 Å². The maximum Gasteiger partial charge on any atom is 0.144 e. The highest BCUT2D eigenvalue weighted by Crippen LogP contribution is 2.33. The van der Waals surface area contributed by atoms with Gasteiger partial charge in [-0.15, -0.1) is 0 Å². The number of imidazole rings is 1. The second-order valence-corrected chi connectivity index (χ2v) is 5.35. The van der Waals surface area contributed by atoms with Crippen LogP contribution in [0.3, 0.4) is 0 Å². The molecule has 0 bridgehead atoms. The lowest BCUT2D eigenvalue weighted by Crippen LogP contribution is -1.95.